The van der Waals surface area contributed by atoms with Crippen molar-refractivity contribution in [2.75, 3.05) is 6.54 Å². The van der Waals surface area contributed by atoms with Gasteiger partial charge in [-0.2, -0.15) is 0 Å². The van der Waals surface area contributed by atoms with Crippen LogP contribution in [0, 0.1) is 28.7 Å². The van der Waals surface area contributed by atoms with Crippen molar-refractivity contribution in [3.63, 3.8) is 0 Å². The summed E-state index contributed by atoms with van der Waals surface area (Å²) in [4.78, 5) is 22.4. The van der Waals surface area contributed by atoms with Gasteiger partial charge < -0.3 is 10.4 Å². The van der Waals surface area contributed by atoms with Crippen LogP contribution in [0.1, 0.15) is 27.6 Å². The van der Waals surface area contributed by atoms with Gasteiger partial charge in [0.05, 0.1) is 11.0 Å². The van der Waals surface area contributed by atoms with E-state index in [0.29, 0.717) is 0 Å². The summed E-state index contributed by atoms with van der Waals surface area (Å²) in [6.45, 7) is 0.929. The normalized spacial score (nSPS) is 11.8. The second-order valence-electron chi connectivity index (χ2n) is 5.12. The number of carbonyl (C=O) groups excluding carboxylic acids is 1. The Morgan fingerprint density at radius 3 is 2.62 bits per heavy atom. The van der Waals surface area contributed by atoms with Gasteiger partial charge in [-0.25, -0.2) is 8.78 Å². The van der Waals surface area contributed by atoms with Crippen LogP contribution in [0.2, 0.25) is 0 Å². The number of aryl methyl sites for hydroxylation is 1. The molecule has 0 saturated carbocycles. The number of nitro groups is 1. The summed E-state index contributed by atoms with van der Waals surface area (Å²) in [5.74, 6) is -2.37. The van der Waals surface area contributed by atoms with Gasteiger partial charge in [-0.3, -0.25) is 14.9 Å². The third kappa shape index (κ3) is 3.72. The summed E-state index contributed by atoms with van der Waals surface area (Å²) in [6, 6.07) is 7.16. The maximum atomic E-state index is 13.6. The van der Waals surface area contributed by atoms with Crippen molar-refractivity contribution < 1.29 is 23.6 Å². The van der Waals surface area contributed by atoms with Gasteiger partial charge in [0.15, 0.2) is 0 Å². The van der Waals surface area contributed by atoms with E-state index in [9.17, 15) is 28.8 Å². The number of nitro benzene ring substituents is 1. The largest absolute Gasteiger partial charge is 0.386 e. The van der Waals surface area contributed by atoms with Crippen LogP contribution in [0.25, 0.3) is 0 Å². The topological polar surface area (TPSA) is 92.5 Å². The molecular formula is C16H14F2N2O4. The Kier molecular flexibility index (Phi) is 5.20. The molecule has 24 heavy (non-hydrogen) atoms. The summed E-state index contributed by atoms with van der Waals surface area (Å²) in [7, 11) is 0. The lowest BCUT2D eigenvalue weighted by Crippen LogP contribution is -2.29. The molecule has 0 fully saturated rings. The SMILES string of the molecule is Cc1cc(F)cc(C(=O)NCC(O)c2ccccc2F)c1[N+](=O)[O-]. The lowest BCUT2D eigenvalue weighted by atomic mass is 10.1. The smallest absolute Gasteiger partial charge is 0.285 e. The molecule has 0 bridgehead atoms. The highest BCUT2D eigenvalue weighted by Crippen LogP contribution is 2.25. The Morgan fingerprint density at radius 2 is 2.00 bits per heavy atom. The van der Waals surface area contributed by atoms with Gasteiger partial charge in [0.25, 0.3) is 11.6 Å². The van der Waals surface area contributed by atoms with E-state index in [1.54, 1.807) is 0 Å². The monoisotopic (exact) mass is 336 g/mol. The highest BCUT2D eigenvalue weighted by atomic mass is 19.1. The first-order valence-corrected chi connectivity index (χ1v) is 6.96. The van der Waals surface area contributed by atoms with Crippen LogP contribution >= 0.6 is 0 Å². The van der Waals surface area contributed by atoms with Gasteiger partial charge >= 0.3 is 0 Å². The van der Waals surface area contributed by atoms with E-state index in [2.05, 4.69) is 5.32 Å². The fourth-order valence-electron chi connectivity index (χ4n) is 2.29. The quantitative estimate of drug-likeness (QED) is 0.648. The molecule has 0 aliphatic heterocycles. The van der Waals surface area contributed by atoms with Crippen LogP contribution in [-0.4, -0.2) is 22.5 Å². The molecule has 2 N–H and O–H groups in total. The molecule has 1 amide bonds. The van der Waals surface area contributed by atoms with Gasteiger partial charge in [0.2, 0.25) is 0 Å². The van der Waals surface area contributed by atoms with Crippen molar-refractivity contribution in [1.29, 1.82) is 0 Å². The van der Waals surface area contributed by atoms with E-state index in [1.807, 2.05) is 0 Å². The minimum Gasteiger partial charge on any atom is -0.386 e. The molecule has 0 saturated heterocycles. The third-order valence-electron chi connectivity index (χ3n) is 3.41. The molecule has 1 atom stereocenters. The number of nitrogens with zero attached hydrogens (tertiary/aromatic N) is 1. The average molecular weight is 336 g/mol. The molecule has 2 aromatic carbocycles. The Labute approximate surface area is 135 Å². The predicted molar refractivity (Wildman–Crippen MR) is 81.5 cm³/mol. The van der Waals surface area contributed by atoms with Crippen molar-refractivity contribution in [3.05, 3.63) is 74.8 Å². The van der Waals surface area contributed by atoms with Gasteiger partial charge in [0.1, 0.15) is 17.2 Å². The van der Waals surface area contributed by atoms with Gasteiger partial charge in [-0.05, 0) is 25.1 Å². The Bertz CT molecular complexity index is 796. The standard InChI is InChI=1S/C16H14F2N2O4/c1-9-6-10(17)7-12(15(9)20(23)24)16(22)19-8-14(21)11-4-2-3-5-13(11)18/h2-7,14,21H,8H2,1H3,(H,19,22). The molecule has 0 radical (unpaired) electrons. The van der Waals surface area contributed by atoms with Gasteiger partial charge in [0, 0.05) is 17.7 Å². The molecule has 1 unspecified atom stereocenters. The first-order valence-electron chi connectivity index (χ1n) is 6.96. The van der Waals surface area contributed by atoms with Gasteiger partial charge in [-0.1, -0.05) is 18.2 Å². The fourth-order valence-corrected chi connectivity index (χ4v) is 2.29. The summed E-state index contributed by atoms with van der Waals surface area (Å²) in [5.41, 5.74) is -1.00. The molecule has 2 aromatic rings. The van der Waals surface area contributed by atoms with E-state index in [4.69, 9.17) is 0 Å². The predicted octanol–water partition coefficient (Wildman–Crippen LogP) is 2.64. The first-order chi connectivity index (χ1) is 11.3. The van der Waals surface area contributed by atoms with E-state index < -0.39 is 39.8 Å². The highest BCUT2D eigenvalue weighted by molar-refractivity contribution is 5.98. The molecule has 6 nitrogen and oxygen atoms in total. The molecule has 8 heteroatoms. The zero-order chi connectivity index (χ0) is 17.9. The number of aliphatic hydroxyl groups excluding tert-OH is 1. The number of aliphatic hydroxyl groups is 1. The lowest BCUT2D eigenvalue weighted by Gasteiger charge is -2.13. The Morgan fingerprint density at radius 1 is 1.33 bits per heavy atom. The molecule has 126 valence electrons. The fraction of sp³-hybridized carbons (Fsp3) is 0.188. The molecule has 0 aliphatic carbocycles. The maximum absolute atomic E-state index is 13.6. The summed E-state index contributed by atoms with van der Waals surface area (Å²) < 4.78 is 27.0. The van der Waals surface area contributed by atoms with Crippen LogP contribution in [-0.2, 0) is 0 Å². The third-order valence-corrected chi connectivity index (χ3v) is 3.41. The molecular weight excluding hydrogens is 322 g/mol. The van der Waals surface area contributed by atoms with Gasteiger partial charge in [-0.15, -0.1) is 0 Å². The molecule has 0 aromatic heterocycles. The molecule has 0 aliphatic rings. The number of halogens is 2. The van der Waals surface area contributed by atoms with Crippen molar-refractivity contribution in [3.8, 4) is 0 Å². The number of hydrogen-bond acceptors (Lipinski definition) is 4. The summed E-state index contributed by atoms with van der Waals surface area (Å²) in [5, 5.41) is 23.2. The van der Waals surface area contributed by atoms with Crippen molar-refractivity contribution >= 4 is 11.6 Å². The second kappa shape index (κ2) is 7.14. The lowest BCUT2D eigenvalue weighted by molar-refractivity contribution is -0.385. The van der Waals surface area contributed by atoms with Crippen LogP contribution in [0.5, 0.6) is 0 Å². The minimum atomic E-state index is -1.34. The highest BCUT2D eigenvalue weighted by Gasteiger charge is 2.25. The first kappa shape index (κ1) is 17.5. The van der Waals surface area contributed by atoms with Crippen molar-refractivity contribution in [1.82, 2.24) is 5.32 Å². The Hall–Kier alpha value is -2.87. The second-order valence-corrected chi connectivity index (χ2v) is 5.12. The van der Waals surface area contributed by atoms with Crippen molar-refractivity contribution in [2.45, 2.75) is 13.0 Å². The van der Waals surface area contributed by atoms with Crippen LogP contribution in [0.15, 0.2) is 36.4 Å². The van der Waals surface area contributed by atoms with Crippen LogP contribution < -0.4 is 5.32 Å². The van der Waals surface area contributed by atoms with Crippen LogP contribution in [0.4, 0.5) is 14.5 Å². The zero-order valence-corrected chi connectivity index (χ0v) is 12.6. The number of amides is 1. The number of benzene rings is 2. The van der Waals surface area contributed by atoms with E-state index in [1.165, 1.54) is 25.1 Å². The molecule has 0 spiro atoms. The minimum absolute atomic E-state index is 0.000183. The zero-order valence-electron chi connectivity index (χ0n) is 12.6. The molecule has 0 heterocycles. The average Bonchev–Trinajstić information content (AvgIpc) is 2.51. The number of carbonyl (C=O) groups is 1. The van der Waals surface area contributed by atoms with Crippen molar-refractivity contribution in [2.24, 2.45) is 0 Å². The summed E-state index contributed by atoms with van der Waals surface area (Å²) in [6.07, 6.45) is -1.34. The van der Waals surface area contributed by atoms with E-state index in [-0.39, 0.29) is 17.7 Å². The number of rotatable bonds is 5. The molecule has 2 rings (SSSR count). The van der Waals surface area contributed by atoms with Crippen LogP contribution in [0.3, 0.4) is 0 Å². The Balaban J connectivity index is 2.19. The van der Waals surface area contributed by atoms with E-state index >= 15 is 0 Å². The number of hydrogen-bond donors (Lipinski definition) is 2. The summed E-state index contributed by atoms with van der Waals surface area (Å²) >= 11 is 0. The maximum Gasteiger partial charge on any atom is 0.285 e. The van der Waals surface area contributed by atoms with E-state index in [0.717, 1.165) is 18.2 Å². The number of nitrogens with one attached hydrogen (secondary N) is 1.